The zero-order chi connectivity index (χ0) is 6.85. The van der Waals surface area contributed by atoms with Gasteiger partial charge < -0.3 is 0 Å². The molecule has 0 bridgehead atoms. The highest BCUT2D eigenvalue weighted by atomic mass is 14.4. The molecule has 0 spiro atoms. The lowest BCUT2D eigenvalue weighted by Gasteiger charge is -2.34. The summed E-state index contributed by atoms with van der Waals surface area (Å²) in [7, 11) is 0. The summed E-state index contributed by atoms with van der Waals surface area (Å²) in [5.41, 5.74) is 0. The van der Waals surface area contributed by atoms with Gasteiger partial charge in [-0.1, -0.05) is 13.8 Å². The predicted octanol–water partition coefficient (Wildman–Crippen LogP) is 2.19. The van der Waals surface area contributed by atoms with E-state index in [1.807, 2.05) is 0 Å². The maximum atomic E-state index is 8.56. The second-order valence-corrected chi connectivity index (χ2v) is 3.22. The van der Waals surface area contributed by atoms with Gasteiger partial charge in [0.1, 0.15) is 0 Å². The first-order valence-electron chi connectivity index (χ1n) is 3.65. The largest absolute Gasteiger partial charge is 0.198 e. The lowest BCUT2D eigenvalue weighted by atomic mass is 9.69. The van der Waals surface area contributed by atoms with Gasteiger partial charge in [0.05, 0.1) is 6.07 Å². The maximum absolute atomic E-state index is 8.56. The number of hydrogen-bond acceptors (Lipinski definition) is 1. The molecular weight excluding hydrogens is 110 g/mol. The minimum absolute atomic E-state index is 0.380. The van der Waals surface area contributed by atoms with Crippen molar-refractivity contribution in [3.05, 3.63) is 0 Å². The van der Waals surface area contributed by atoms with Crippen LogP contribution in [0.4, 0.5) is 0 Å². The standard InChI is InChI=1S/C8H13N/c1-6(2)8-4-3-7(8)5-9/h6-8H,3-4H2,1-2H3/t7-,8-/m0/s1. The van der Waals surface area contributed by atoms with Crippen molar-refractivity contribution >= 4 is 0 Å². The van der Waals surface area contributed by atoms with Crippen LogP contribution in [0.5, 0.6) is 0 Å². The summed E-state index contributed by atoms with van der Waals surface area (Å²) in [5.74, 6) is 1.79. The molecule has 0 aliphatic heterocycles. The molecule has 9 heavy (non-hydrogen) atoms. The Hall–Kier alpha value is -0.510. The minimum atomic E-state index is 0.380. The molecule has 0 heterocycles. The molecule has 0 saturated heterocycles. The fourth-order valence-electron chi connectivity index (χ4n) is 1.48. The highest BCUT2D eigenvalue weighted by molar-refractivity contribution is 4.96. The summed E-state index contributed by atoms with van der Waals surface area (Å²) in [5, 5.41) is 8.56. The first-order valence-corrected chi connectivity index (χ1v) is 3.65. The molecular formula is C8H13N. The van der Waals surface area contributed by atoms with Crippen molar-refractivity contribution < 1.29 is 0 Å². The van der Waals surface area contributed by atoms with E-state index in [4.69, 9.17) is 5.26 Å². The van der Waals surface area contributed by atoms with E-state index in [9.17, 15) is 0 Å². The molecule has 1 aliphatic rings. The molecule has 1 heteroatoms. The molecule has 1 fully saturated rings. The van der Waals surface area contributed by atoms with Gasteiger partial charge in [-0.2, -0.15) is 5.26 Å². The van der Waals surface area contributed by atoms with Gasteiger partial charge in [-0.25, -0.2) is 0 Å². The van der Waals surface area contributed by atoms with E-state index in [1.165, 1.54) is 6.42 Å². The molecule has 0 aromatic heterocycles. The Labute approximate surface area is 56.7 Å². The van der Waals surface area contributed by atoms with Gasteiger partial charge in [0.2, 0.25) is 0 Å². The highest BCUT2D eigenvalue weighted by Gasteiger charge is 2.32. The van der Waals surface area contributed by atoms with Crippen LogP contribution in [0.1, 0.15) is 26.7 Å². The second-order valence-electron chi connectivity index (χ2n) is 3.22. The zero-order valence-electron chi connectivity index (χ0n) is 6.09. The summed E-state index contributed by atoms with van der Waals surface area (Å²) in [6.07, 6.45) is 2.41. The molecule has 1 rings (SSSR count). The number of rotatable bonds is 1. The van der Waals surface area contributed by atoms with E-state index in [-0.39, 0.29) is 0 Å². The molecule has 0 aromatic carbocycles. The third-order valence-corrected chi connectivity index (χ3v) is 2.35. The number of hydrogen-bond donors (Lipinski definition) is 0. The molecule has 0 N–H and O–H groups in total. The molecule has 0 radical (unpaired) electrons. The predicted molar refractivity (Wildman–Crippen MR) is 36.7 cm³/mol. The van der Waals surface area contributed by atoms with E-state index in [0.717, 1.165) is 6.42 Å². The van der Waals surface area contributed by atoms with Crippen molar-refractivity contribution in [2.45, 2.75) is 26.7 Å². The van der Waals surface area contributed by atoms with E-state index in [2.05, 4.69) is 19.9 Å². The van der Waals surface area contributed by atoms with E-state index in [1.54, 1.807) is 0 Å². The van der Waals surface area contributed by atoms with Crippen molar-refractivity contribution in [2.75, 3.05) is 0 Å². The Kier molecular flexibility index (Phi) is 1.75. The van der Waals surface area contributed by atoms with Crippen molar-refractivity contribution in [3.63, 3.8) is 0 Å². The maximum Gasteiger partial charge on any atom is 0.0658 e. The number of nitriles is 1. The topological polar surface area (TPSA) is 23.8 Å². The van der Waals surface area contributed by atoms with Gasteiger partial charge in [0.25, 0.3) is 0 Å². The highest BCUT2D eigenvalue weighted by Crippen LogP contribution is 2.38. The van der Waals surface area contributed by atoms with Crippen LogP contribution in [-0.4, -0.2) is 0 Å². The Morgan fingerprint density at radius 3 is 2.22 bits per heavy atom. The third kappa shape index (κ3) is 1.08. The van der Waals surface area contributed by atoms with Crippen LogP contribution in [-0.2, 0) is 0 Å². The first kappa shape index (κ1) is 6.61. The van der Waals surface area contributed by atoms with Gasteiger partial charge in [0, 0.05) is 5.92 Å². The Balaban J connectivity index is 2.38. The average Bonchev–Trinajstić information content (AvgIpc) is 1.61. The van der Waals surface area contributed by atoms with Crippen LogP contribution in [0.15, 0.2) is 0 Å². The fourth-order valence-corrected chi connectivity index (χ4v) is 1.48. The summed E-state index contributed by atoms with van der Waals surface area (Å²) in [6, 6.07) is 2.33. The van der Waals surface area contributed by atoms with Gasteiger partial charge in [-0.15, -0.1) is 0 Å². The van der Waals surface area contributed by atoms with Gasteiger partial charge in [-0.3, -0.25) is 0 Å². The molecule has 1 aliphatic carbocycles. The quantitative estimate of drug-likeness (QED) is 0.524. The summed E-state index contributed by atoms with van der Waals surface area (Å²) in [4.78, 5) is 0. The van der Waals surface area contributed by atoms with Crippen LogP contribution >= 0.6 is 0 Å². The van der Waals surface area contributed by atoms with Crippen molar-refractivity contribution in [1.82, 2.24) is 0 Å². The van der Waals surface area contributed by atoms with E-state index < -0.39 is 0 Å². The van der Waals surface area contributed by atoms with Crippen LogP contribution in [0, 0.1) is 29.1 Å². The molecule has 0 aromatic rings. The van der Waals surface area contributed by atoms with Gasteiger partial charge in [0.15, 0.2) is 0 Å². The Morgan fingerprint density at radius 1 is 1.44 bits per heavy atom. The Bertz CT molecular complexity index is 132. The molecule has 1 nitrogen and oxygen atoms in total. The van der Waals surface area contributed by atoms with E-state index in [0.29, 0.717) is 17.8 Å². The Morgan fingerprint density at radius 2 is 2.11 bits per heavy atom. The normalized spacial score (nSPS) is 33.6. The van der Waals surface area contributed by atoms with Crippen molar-refractivity contribution in [2.24, 2.45) is 17.8 Å². The first-order chi connectivity index (χ1) is 4.25. The zero-order valence-corrected chi connectivity index (χ0v) is 6.09. The summed E-state index contributed by atoms with van der Waals surface area (Å²) in [6.45, 7) is 4.41. The lowest BCUT2D eigenvalue weighted by Crippen LogP contribution is -2.28. The minimum Gasteiger partial charge on any atom is -0.198 e. The number of nitrogens with zero attached hydrogens (tertiary/aromatic N) is 1. The molecule has 2 atom stereocenters. The second kappa shape index (κ2) is 2.39. The molecule has 50 valence electrons. The van der Waals surface area contributed by atoms with Crippen LogP contribution in [0.2, 0.25) is 0 Å². The smallest absolute Gasteiger partial charge is 0.0658 e. The van der Waals surface area contributed by atoms with Crippen LogP contribution in [0.25, 0.3) is 0 Å². The summed E-state index contributed by atoms with van der Waals surface area (Å²) >= 11 is 0. The van der Waals surface area contributed by atoms with Crippen molar-refractivity contribution in [3.8, 4) is 6.07 Å². The van der Waals surface area contributed by atoms with Crippen molar-refractivity contribution in [1.29, 1.82) is 5.26 Å². The summed E-state index contributed by atoms with van der Waals surface area (Å²) < 4.78 is 0. The monoisotopic (exact) mass is 123 g/mol. The third-order valence-electron chi connectivity index (χ3n) is 2.35. The molecule has 0 amide bonds. The SMILES string of the molecule is CC(C)[C@@H]1CC[C@H]1C#N. The van der Waals surface area contributed by atoms with Gasteiger partial charge >= 0.3 is 0 Å². The van der Waals surface area contributed by atoms with Crippen LogP contribution < -0.4 is 0 Å². The fraction of sp³-hybridized carbons (Fsp3) is 0.875. The lowest BCUT2D eigenvalue weighted by molar-refractivity contribution is 0.169. The van der Waals surface area contributed by atoms with Gasteiger partial charge in [-0.05, 0) is 24.7 Å². The molecule has 1 saturated carbocycles. The molecule has 0 unspecified atom stereocenters. The average molecular weight is 123 g/mol. The van der Waals surface area contributed by atoms with E-state index >= 15 is 0 Å². The van der Waals surface area contributed by atoms with Crippen LogP contribution in [0.3, 0.4) is 0 Å².